The van der Waals surface area contributed by atoms with Crippen LogP contribution in [0.25, 0.3) is 11.1 Å². The lowest BCUT2D eigenvalue weighted by molar-refractivity contribution is -0.149. The second kappa shape index (κ2) is 5.26. The van der Waals surface area contributed by atoms with Gasteiger partial charge in [0.05, 0.1) is 11.3 Å². The minimum atomic E-state index is -0.762. The summed E-state index contributed by atoms with van der Waals surface area (Å²) >= 11 is 0. The van der Waals surface area contributed by atoms with E-state index < -0.39 is 10.8 Å². The van der Waals surface area contributed by atoms with Gasteiger partial charge in [0, 0.05) is 11.8 Å². The molecule has 2 bridgehead atoms. The zero-order valence-corrected chi connectivity index (χ0v) is 14.9. The van der Waals surface area contributed by atoms with E-state index in [9.17, 15) is 9.59 Å². The van der Waals surface area contributed by atoms with Crippen molar-refractivity contribution in [3.05, 3.63) is 71.8 Å². The molecule has 5 rings (SSSR count). The first-order valence-corrected chi connectivity index (χ1v) is 8.80. The molecule has 2 aromatic rings. The van der Waals surface area contributed by atoms with E-state index in [0.717, 1.165) is 22.3 Å². The van der Waals surface area contributed by atoms with E-state index in [1.165, 1.54) is 0 Å². The first-order valence-electron chi connectivity index (χ1n) is 8.80. The highest BCUT2D eigenvalue weighted by atomic mass is 16.1. The molecule has 2 atom stereocenters. The Labute approximate surface area is 148 Å². The fourth-order valence-corrected chi connectivity index (χ4v) is 4.95. The van der Waals surface area contributed by atoms with Crippen LogP contribution in [0.1, 0.15) is 38.3 Å². The molecule has 3 aliphatic carbocycles. The summed E-state index contributed by atoms with van der Waals surface area (Å²) < 4.78 is 0. The molecule has 0 aromatic heterocycles. The molecular weight excluding hydrogens is 308 g/mol. The van der Waals surface area contributed by atoms with Crippen molar-refractivity contribution in [2.45, 2.75) is 27.2 Å². The van der Waals surface area contributed by atoms with Crippen molar-refractivity contribution < 1.29 is 9.59 Å². The van der Waals surface area contributed by atoms with Crippen LogP contribution in [0.15, 0.2) is 60.7 Å². The standard InChI is InChI=1S/C23H22O2/c1-22(2)20-17(24)14-23(3,21(22)25)19(16-12-8-5-9-13-16)18(20)15-10-6-4-7-11-15/h4-13,20H,14H2,1-3H3/t20-,23+/m1/s1. The number of benzene rings is 2. The second-order valence-electron chi connectivity index (χ2n) is 7.98. The first-order chi connectivity index (χ1) is 11.9. The number of carbonyl (C=O) groups excluding carboxylic acids is 2. The Morgan fingerprint density at radius 3 is 1.88 bits per heavy atom. The molecule has 126 valence electrons. The van der Waals surface area contributed by atoms with Gasteiger partial charge in [0.25, 0.3) is 0 Å². The predicted octanol–water partition coefficient (Wildman–Crippen LogP) is 4.80. The van der Waals surface area contributed by atoms with Gasteiger partial charge in [-0.25, -0.2) is 0 Å². The van der Waals surface area contributed by atoms with Crippen LogP contribution in [0.5, 0.6) is 0 Å². The Morgan fingerprint density at radius 2 is 1.32 bits per heavy atom. The number of ketones is 2. The lowest BCUT2D eigenvalue weighted by atomic mass is 9.47. The molecule has 0 unspecified atom stereocenters. The number of carbonyl (C=O) groups is 2. The topological polar surface area (TPSA) is 34.1 Å². The zero-order chi connectivity index (χ0) is 17.8. The molecule has 0 aliphatic heterocycles. The molecule has 2 heteroatoms. The maximum atomic E-state index is 13.4. The third-order valence-corrected chi connectivity index (χ3v) is 5.91. The van der Waals surface area contributed by atoms with Gasteiger partial charge >= 0.3 is 0 Å². The minimum absolute atomic E-state index is 0.183. The van der Waals surface area contributed by atoms with Gasteiger partial charge in [-0.3, -0.25) is 9.59 Å². The molecule has 2 aromatic carbocycles. The van der Waals surface area contributed by atoms with Crippen molar-refractivity contribution in [2.24, 2.45) is 16.7 Å². The molecule has 25 heavy (non-hydrogen) atoms. The van der Waals surface area contributed by atoms with Crippen LogP contribution in [0.2, 0.25) is 0 Å². The van der Waals surface area contributed by atoms with E-state index >= 15 is 0 Å². The summed E-state index contributed by atoms with van der Waals surface area (Å²) in [6, 6.07) is 20.1. The highest BCUT2D eigenvalue weighted by molar-refractivity contribution is 6.22. The molecule has 0 saturated heterocycles. The minimum Gasteiger partial charge on any atom is -0.299 e. The maximum absolute atomic E-state index is 13.4. The van der Waals surface area contributed by atoms with Crippen LogP contribution in [0.4, 0.5) is 0 Å². The lowest BCUT2D eigenvalue weighted by Crippen LogP contribution is -2.57. The van der Waals surface area contributed by atoms with Crippen LogP contribution < -0.4 is 0 Å². The number of hydrogen-bond donors (Lipinski definition) is 0. The average molecular weight is 330 g/mol. The van der Waals surface area contributed by atoms with Crippen molar-refractivity contribution in [1.82, 2.24) is 0 Å². The average Bonchev–Trinajstić information content (AvgIpc) is 2.60. The fraction of sp³-hybridized carbons (Fsp3) is 0.304. The highest BCUT2D eigenvalue weighted by Gasteiger charge is 2.62. The van der Waals surface area contributed by atoms with Gasteiger partial charge in [0.15, 0.2) is 0 Å². The second-order valence-corrected chi connectivity index (χ2v) is 7.98. The highest BCUT2D eigenvalue weighted by Crippen LogP contribution is 2.62. The summed E-state index contributed by atoms with van der Waals surface area (Å²) in [7, 11) is 0. The van der Waals surface area contributed by atoms with Gasteiger partial charge in [0.1, 0.15) is 11.6 Å². The monoisotopic (exact) mass is 330 g/mol. The van der Waals surface area contributed by atoms with Gasteiger partial charge in [-0.1, -0.05) is 74.5 Å². The zero-order valence-electron chi connectivity index (χ0n) is 14.9. The predicted molar refractivity (Wildman–Crippen MR) is 99.7 cm³/mol. The number of hydrogen-bond acceptors (Lipinski definition) is 2. The third kappa shape index (κ3) is 2.10. The number of Topliss-reactive ketones (excluding diaryl/α,β-unsaturated/α-hetero) is 2. The molecule has 0 spiro atoms. The SMILES string of the molecule is CC1(C)C(=O)[C@@]2(C)CC(=O)[C@@H]1C(c1ccccc1)=C2c1ccccc1. The van der Waals surface area contributed by atoms with E-state index in [1.807, 2.05) is 57.2 Å². The van der Waals surface area contributed by atoms with E-state index in [4.69, 9.17) is 0 Å². The maximum Gasteiger partial charge on any atom is 0.150 e. The lowest BCUT2D eigenvalue weighted by Gasteiger charge is -2.53. The van der Waals surface area contributed by atoms with Crippen molar-refractivity contribution in [3.8, 4) is 0 Å². The molecule has 0 amide bonds. The van der Waals surface area contributed by atoms with Crippen molar-refractivity contribution in [2.75, 3.05) is 0 Å². The number of allylic oxidation sites excluding steroid dienone is 2. The normalized spacial score (nSPS) is 27.7. The van der Waals surface area contributed by atoms with Gasteiger partial charge < -0.3 is 0 Å². The number of rotatable bonds is 2. The molecule has 1 fully saturated rings. The molecule has 2 nitrogen and oxygen atoms in total. The summed E-state index contributed by atoms with van der Waals surface area (Å²) in [6.07, 6.45) is 0.306. The van der Waals surface area contributed by atoms with Gasteiger partial charge in [-0.2, -0.15) is 0 Å². The van der Waals surface area contributed by atoms with E-state index in [2.05, 4.69) is 24.3 Å². The van der Waals surface area contributed by atoms with Crippen molar-refractivity contribution in [1.29, 1.82) is 0 Å². The van der Waals surface area contributed by atoms with Crippen molar-refractivity contribution in [3.63, 3.8) is 0 Å². The summed E-state index contributed by atoms with van der Waals surface area (Å²) in [5.41, 5.74) is 2.73. The summed E-state index contributed by atoms with van der Waals surface area (Å²) in [5, 5.41) is 0. The van der Waals surface area contributed by atoms with Gasteiger partial charge in [0.2, 0.25) is 0 Å². The largest absolute Gasteiger partial charge is 0.299 e. The molecular formula is C23H22O2. The summed E-state index contributed by atoms with van der Waals surface area (Å²) in [4.78, 5) is 26.3. The number of fused-ring (bicyclic) bond motifs is 2. The summed E-state index contributed by atoms with van der Waals surface area (Å²) in [6.45, 7) is 5.82. The smallest absolute Gasteiger partial charge is 0.150 e. The van der Waals surface area contributed by atoms with Crippen LogP contribution in [0.3, 0.4) is 0 Å². The van der Waals surface area contributed by atoms with E-state index in [1.54, 1.807) is 0 Å². The molecule has 1 saturated carbocycles. The quantitative estimate of drug-likeness (QED) is 0.792. The molecule has 0 radical (unpaired) electrons. The van der Waals surface area contributed by atoms with Crippen LogP contribution in [-0.2, 0) is 9.59 Å². The first kappa shape index (κ1) is 16.0. The van der Waals surface area contributed by atoms with Crippen molar-refractivity contribution >= 4 is 22.7 Å². The molecule has 0 heterocycles. The molecule has 3 aliphatic rings. The Balaban J connectivity index is 2.12. The van der Waals surface area contributed by atoms with Gasteiger partial charge in [-0.15, -0.1) is 0 Å². The Morgan fingerprint density at radius 1 is 0.800 bits per heavy atom. The van der Waals surface area contributed by atoms with Crippen LogP contribution in [-0.4, -0.2) is 11.6 Å². The fourth-order valence-electron chi connectivity index (χ4n) is 4.95. The van der Waals surface area contributed by atoms with E-state index in [0.29, 0.717) is 6.42 Å². The third-order valence-electron chi connectivity index (χ3n) is 5.91. The Hall–Kier alpha value is -2.48. The van der Waals surface area contributed by atoms with Crippen LogP contribution in [0, 0.1) is 16.7 Å². The Bertz CT molecular complexity index is 890. The van der Waals surface area contributed by atoms with Crippen LogP contribution >= 0.6 is 0 Å². The summed E-state index contributed by atoms with van der Waals surface area (Å²) in [5.74, 6) is -0.00630. The molecule has 0 N–H and O–H groups in total. The Kier molecular flexibility index (Phi) is 3.37. The van der Waals surface area contributed by atoms with E-state index in [-0.39, 0.29) is 17.5 Å². The van der Waals surface area contributed by atoms with Gasteiger partial charge in [-0.05, 0) is 29.2 Å².